The summed E-state index contributed by atoms with van der Waals surface area (Å²) in [5, 5.41) is 3.25. The first-order chi connectivity index (χ1) is 11.2. The lowest BCUT2D eigenvalue weighted by atomic mass is 9.98. The van der Waals surface area contributed by atoms with Gasteiger partial charge in [-0.2, -0.15) is 0 Å². The topological polar surface area (TPSA) is 42.4 Å². The maximum atomic E-state index is 12.7. The molecule has 0 N–H and O–H groups in total. The van der Waals surface area contributed by atoms with E-state index in [1.54, 1.807) is 18.4 Å². The Morgan fingerprint density at radius 1 is 1.39 bits per heavy atom. The lowest BCUT2D eigenvalue weighted by Gasteiger charge is -2.32. The third-order valence-corrected chi connectivity index (χ3v) is 5.33. The number of aromatic nitrogens is 1. The monoisotopic (exact) mass is 330 g/mol. The third-order valence-electron chi connectivity index (χ3n) is 4.21. The van der Waals surface area contributed by atoms with Crippen molar-refractivity contribution in [1.82, 2.24) is 9.88 Å². The number of nitrogens with zero attached hydrogens (tertiary/aromatic N) is 2. The van der Waals surface area contributed by atoms with E-state index in [1.807, 2.05) is 36.1 Å². The molecule has 23 heavy (non-hydrogen) atoms. The SMILES string of the molecule is COCc1ccc(C(=O)N2CCC[C@H](c3nc(C)cs3)C2)cc1. The fraction of sp³-hybridized carbons (Fsp3) is 0.444. The van der Waals surface area contributed by atoms with Crippen LogP contribution < -0.4 is 0 Å². The van der Waals surface area contributed by atoms with Gasteiger partial charge in [0, 0.05) is 42.8 Å². The molecular weight excluding hydrogens is 308 g/mol. The van der Waals surface area contributed by atoms with Crippen molar-refractivity contribution in [3.8, 4) is 0 Å². The van der Waals surface area contributed by atoms with Crippen LogP contribution >= 0.6 is 11.3 Å². The number of amides is 1. The predicted molar refractivity (Wildman–Crippen MR) is 91.9 cm³/mol. The number of benzene rings is 1. The molecule has 4 nitrogen and oxygen atoms in total. The number of hydrogen-bond donors (Lipinski definition) is 0. The molecule has 1 saturated heterocycles. The fourth-order valence-corrected chi connectivity index (χ4v) is 3.94. The number of likely N-dealkylation sites (tertiary alicyclic amines) is 1. The molecule has 1 fully saturated rings. The van der Waals surface area contributed by atoms with E-state index in [9.17, 15) is 4.79 Å². The molecule has 1 aliphatic heterocycles. The maximum Gasteiger partial charge on any atom is 0.253 e. The first-order valence-electron chi connectivity index (χ1n) is 7.96. The Bertz CT molecular complexity index is 666. The average molecular weight is 330 g/mol. The summed E-state index contributed by atoms with van der Waals surface area (Å²) >= 11 is 1.71. The van der Waals surface area contributed by atoms with E-state index >= 15 is 0 Å². The first-order valence-corrected chi connectivity index (χ1v) is 8.84. The quantitative estimate of drug-likeness (QED) is 0.860. The van der Waals surface area contributed by atoms with E-state index in [2.05, 4.69) is 10.4 Å². The normalized spacial score (nSPS) is 18.2. The molecule has 0 spiro atoms. The van der Waals surface area contributed by atoms with Gasteiger partial charge >= 0.3 is 0 Å². The van der Waals surface area contributed by atoms with E-state index in [1.165, 1.54) is 0 Å². The van der Waals surface area contributed by atoms with Crippen molar-refractivity contribution < 1.29 is 9.53 Å². The Morgan fingerprint density at radius 3 is 2.83 bits per heavy atom. The fourth-order valence-electron chi connectivity index (χ4n) is 3.02. The van der Waals surface area contributed by atoms with Crippen LogP contribution in [0.25, 0.3) is 0 Å². The van der Waals surface area contributed by atoms with Gasteiger partial charge in [0.2, 0.25) is 0 Å². The zero-order valence-corrected chi connectivity index (χ0v) is 14.4. The Kier molecular flexibility index (Phi) is 5.08. The molecule has 0 aliphatic carbocycles. The van der Waals surface area contributed by atoms with Gasteiger partial charge in [-0.1, -0.05) is 12.1 Å². The second-order valence-electron chi connectivity index (χ2n) is 6.05. The van der Waals surface area contributed by atoms with Gasteiger partial charge in [0.25, 0.3) is 5.91 Å². The molecule has 0 bridgehead atoms. The zero-order valence-electron chi connectivity index (χ0n) is 13.6. The molecule has 0 saturated carbocycles. The van der Waals surface area contributed by atoms with Gasteiger partial charge in [-0.15, -0.1) is 11.3 Å². The van der Waals surface area contributed by atoms with Crippen molar-refractivity contribution in [2.45, 2.75) is 32.3 Å². The molecule has 1 aromatic heterocycles. The minimum Gasteiger partial charge on any atom is -0.380 e. The van der Waals surface area contributed by atoms with Crippen LogP contribution in [0.4, 0.5) is 0 Å². The second kappa shape index (κ2) is 7.23. The molecule has 5 heteroatoms. The maximum absolute atomic E-state index is 12.7. The average Bonchev–Trinajstić information content (AvgIpc) is 3.02. The largest absolute Gasteiger partial charge is 0.380 e. The molecule has 122 valence electrons. The third kappa shape index (κ3) is 3.79. The van der Waals surface area contributed by atoms with E-state index < -0.39 is 0 Å². The molecule has 1 amide bonds. The van der Waals surface area contributed by atoms with Gasteiger partial charge in [-0.25, -0.2) is 4.98 Å². The molecular formula is C18H22N2O2S. The van der Waals surface area contributed by atoms with Crippen LogP contribution in [0.15, 0.2) is 29.6 Å². The summed E-state index contributed by atoms with van der Waals surface area (Å²) in [6, 6.07) is 7.71. The van der Waals surface area contributed by atoms with Crippen molar-refractivity contribution in [2.24, 2.45) is 0 Å². The van der Waals surface area contributed by atoms with Crippen LogP contribution in [-0.4, -0.2) is 36.0 Å². The van der Waals surface area contributed by atoms with Crippen LogP contribution in [0.1, 0.15) is 45.4 Å². The molecule has 1 atom stereocenters. The Morgan fingerprint density at radius 2 is 2.17 bits per heavy atom. The minimum atomic E-state index is 0.118. The van der Waals surface area contributed by atoms with Gasteiger partial charge in [0.05, 0.1) is 11.6 Å². The molecule has 2 heterocycles. The van der Waals surface area contributed by atoms with Gasteiger partial charge in [0.1, 0.15) is 0 Å². The van der Waals surface area contributed by atoms with E-state index in [0.717, 1.165) is 47.8 Å². The molecule has 3 rings (SSSR count). The molecule has 0 radical (unpaired) electrons. The minimum absolute atomic E-state index is 0.118. The summed E-state index contributed by atoms with van der Waals surface area (Å²) in [4.78, 5) is 19.3. The number of thiazole rings is 1. The van der Waals surface area contributed by atoms with Crippen LogP contribution in [-0.2, 0) is 11.3 Å². The highest BCUT2D eigenvalue weighted by Crippen LogP contribution is 2.29. The number of aryl methyl sites for hydroxylation is 1. The van der Waals surface area contributed by atoms with Gasteiger partial charge < -0.3 is 9.64 Å². The van der Waals surface area contributed by atoms with Crippen molar-refractivity contribution in [3.05, 3.63) is 51.5 Å². The van der Waals surface area contributed by atoms with Crippen molar-refractivity contribution in [2.75, 3.05) is 20.2 Å². The molecule has 0 unspecified atom stereocenters. The number of carbonyl (C=O) groups is 1. The highest BCUT2D eigenvalue weighted by atomic mass is 32.1. The Hall–Kier alpha value is -1.72. The van der Waals surface area contributed by atoms with E-state index in [0.29, 0.717) is 12.5 Å². The lowest BCUT2D eigenvalue weighted by molar-refractivity contribution is 0.0707. The molecule has 1 aromatic carbocycles. The summed E-state index contributed by atoms with van der Waals surface area (Å²) in [6.45, 7) is 4.20. The highest BCUT2D eigenvalue weighted by Gasteiger charge is 2.27. The summed E-state index contributed by atoms with van der Waals surface area (Å²) in [7, 11) is 1.67. The highest BCUT2D eigenvalue weighted by molar-refractivity contribution is 7.09. The number of carbonyl (C=O) groups excluding carboxylic acids is 1. The van der Waals surface area contributed by atoms with Crippen LogP contribution in [0, 0.1) is 6.92 Å². The Labute approximate surface area is 141 Å². The molecule has 2 aromatic rings. The number of rotatable bonds is 4. The van der Waals surface area contributed by atoms with E-state index in [-0.39, 0.29) is 5.91 Å². The molecule has 1 aliphatic rings. The summed E-state index contributed by atoms with van der Waals surface area (Å²) in [6.07, 6.45) is 2.15. The summed E-state index contributed by atoms with van der Waals surface area (Å²) < 4.78 is 5.11. The second-order valence-corrected chi connectivity index (χ2v) is 6.94. The zero-order chi connectivity index (χ0) is 16.2. The smallest absolute Gasteiger partial charge is 0.253 e. The van der Waals surface area contributed by atoms with Gasteiger partial charge in [-0.3, -0.25) is 4.79 Å². The van der Waals surface area contributed by atoms with Crippen molar-refractivity contribution in [1.29, 1.82) is 0 Å². The summed E-state index contributed by atoms with van der Waals surface area (Å²) in [5.74, 6) is 0.492. The lowest BCUT2D eigenvalue weighted by Crippen LogP contribution is -2.39. The van der Waals surface area contributed by atoms with Gasteiger partial charge in [0.15, 0.2) is 0 Å². The van der Waals surface area contributed by atoms with Crippen LogP contribution in [0.2, 0.25) is 0 Å². The summed E-state index contributed by atoms with van der Waals surface area (Å²) in [5.41, 5.74) is 2.90. The number of hydrogen-bond acceptors (Lipinski definition) is 4. The standard InChI is InChI=1S/C18H22N2O2S/c1-13-12-23-17(19-13)16-4-3-9-20(10-16)18(21)15-7-5-14(6-8-15)11-22-2/h5-8,12,16H,3-4,9-11H2,1-2H3/t16-/m0/s1. The van der Waals surface area contributed by atoms with Crippen molar-refractivity contribution >= 4 is 17.2 Å². The predicted octanol–water partition coefficient (Wildman–Crippen LogP) is 3.62. The number of ether oxygens (including phenoxy) is 1. The van der Waals surface area contributed by atoms with Crippen LogP contribution in [0.3, 0.4) is 0 Å². The van der Waals surface area contributed by atoms with E-state index in [4.69, 9.17) is 4.74 Å². The Balaban J connectivity index is 1.69. The van der Waals surface area contributed by atoms with Crippen molar-refractivity contribution in [3.63, 3.8) is 0 Å². The van der Waals surface area contributed by atoms with Crippen LogP contribution in [0.5, 0.6) is 0 Å². The number of methoxy groups -OCH3 is 1. The first kappa shape index (κ1) is 16.1. The number of piperidine rings is 1. The van der Waals surface area contributed by atoms with Gasteiger partial charge in [-0.05, 0) is 37.5 Å².